The Morgan fingerprint density at radius 3 is 2.85 bits per heavy atom. The second kappa shape index (κ2) is 6.41. The lowest BCUT2D eigenvalue weighted by Gasteiger charge is -2.10. The van der Waals surface area contributed by atoms with E-state index in [1.165, 1.54) is 12.8 Å². The molecular weight excluding hydrogens is 270 g/mol. The van der Waals surface area contributed by atoms with Crippen molar-refractivity contribution >= 4 is 11.8 Å². The van der Waals surface area contributed by atoms with Crippen LogP contribution < -0.4 is 0 Å². The predicted octanol–water partition coefficient (Wildman–Crippen LogP) is 3.24. The average molecular weight is 289 g/mol. The summed E-state index contributed by atoms with van der Waals surface area (Å²) in [5, 5.41) is 9.69. The van der Waals surface area contributed by atoms with Crippen LogP contribution in [0.15, 0.2) is 35.5 Å². The van der Waals surface area contributed by atoms with E-state index in [-0.39, 0.29) is 0 Å². The highest BCUT2D eigenvalue weighted by Crippen LogP contribution is 2.26. The van der Waals surface area contributed by atoms with Gasteiger partial charge < -0.3 is 9.30 Å². The first-order valence-corrected chi connectivity index (χ1v) is 8.10. The quantitative estimate of drug-likeness (QED) is 0.792. The SMILES string of the molecule is CCn1c(SCC2CCCO2)nnc1-c1ccccc1. The van der Waals surface area contributed by atoms with Gasteiger partial charge in [0.1, 0.15) is 0 Å². The number of nitrogens with zero attached hydrogens (tertiary/aromatic N) is 3. The van der Waals surface area contributed by atoms with E-state index < -0.39 is 0 Å². The molecule has 1 atom stereocenters. The second-order valence-corrected chi connectivity index (χ2v) is 5.85. The van der Waals surface area contributed by atoms with Crippen LogP contribution in [0.4, 0.5) is 0 Å². The van der Waals surface area contributed by atoms with Gasteiger partial charge in [-0.15, -0.1) is 10.2 Å². The lowest BCUT2D eigenvalue weighted by molar-refractivity contribution is 0.129. The molecule has 3 rings (SSSR count). The third-order valence-corrected chi connectivity index (χ3v) is 4.59. The average Bonchev–Trinajstić information content (AvgIpc) is 3.15. The molecule has 4 nitrogen and oxygen atoms in total. The maximum atomic E-state index is 5.66. The number of aromatic nitrogens is 3. The Labute approximate surface area is 123 Å². The molecule has 0 saturated carbocycles. The molecule has 0 radical (unpaired) electrons. The van der Waals surface area contributed by atoms with Crippen LogP contribution >= 0.6 is 11.8 Å². The van der Waals surface area contributed by atoms with Crippen molar-refractivity contribution in [2.75, 3.05) is 12.4 Å². The fourth-order valence-corrected chi connectivity index (χ4v) is 3.49. The molecule has 2 heterocycles. The van der Waals surface area contributed by atoms with Crippen LogP contribution in [0.2, 0.25) is 0 Å². The van der Waals surface area contributed by atoms with Crippen molar-refractivity contribution in [2.24, 2.45) is 0 Å². The van der Waals surface area contributed by atoms with Crippen LogP contribution in [-0.4, -0.2) is 33.2 Å². The van der Waals surface area contributed by atoms with E-state index >= 15 is 0 Å². The summed E-state index contributed by atoms with van der Waals surface area (Å²) in [4.78, 5) is 0. The molecule has 5 heteroatoms. The van der Waals surface area contributed by atoms with Gasteiger partial charge in [-0.3, -0.25) is 0 Å². The molecule has 20 heavy (non-hydrogen) atoms. The fraction of sp³-hybridized carbons (Fsp3) is 0.467. The largest absolute Gasteiger partial charge is 0.377 e. The van der Waals surface area contributed by atoms with Gasteiger partial charge in [-0.05, 0) is 19.8 Å². The number of ether oxygens (including phenoxy) is 1. The molecule has 1 unspecified atom stereocenters. The van der Waals surface area contributed by atoms with Crippen molar-refractivity contribution in [1.29, 1.82) is 0 Å². The van der Waals surface area contributed by atoms with Crippen molar-refractivity contribution in [2.45, 2.75) is 37.6 Å². The summed E-state index contributed by atoms with van der Waals surface area (Å²) in [5.41, 5.74) is 1.12. The van der Waals surface area contributed by atoms with E-state index in [1.807, 2.05) is 18.2 Å². The second-order valence-electron chi connectivity index (χ2n) is 4.86. The molecule has 106 valence electrons. The van der Waals surface area contributed by atoms with Crippen molar-refractivity contribution < 1.29 is 4.74 Å². The third kappa shape index (κ3) is 2.88. The predicted molar refractivity (Wildman–Crippen MR) is 80.8 cm³/mol. The van der Waals surface area contributed by atoms with Crippen LogP contribution in [0.5, 0.6) is 0 Å². The minimum atomic E-state index is 0.377. The highest BCUT2D eigenvalue weighted by molar-refractivity contribution is 7.99. The van der Waals surface area contributed by atoms with Crippen LogP contribution in [-0.2, 0) is 11.3 Å². The number of rotatable bonds is 5. The van der Waals surface area contributed by atoms with Crippen LogP contribution in [0, 0.1) is 0 Å². The highest BCUT2D eigenvalue weighted by Gasteiger charge is 2.18. The minimum Gasteiger partial charge on any atom is -0.377 e. The van der Waals surface area contributed by atoms with E-state index in [1.54, 1.807) is 11.8 Å². The highest BCUT2D eigenvalue weighted by atomic mass is 32.2. The molecule has 1 aliphatic heterocycles. The van der Waals surface area contributed by atoms with Gasteiger partial charge >= 0.3 is 0 Å². The molecule has 1 aromatic carbocycles. The van der Waals surface area contributed by atoms with Crippen LogP contribution in [0.25, 0.3) is 11.4 Å². The zero-order chi connectivity index (χ0) is 13.8. The van der Waals surface area contributed by atoms with Crippen molar-refractivity contribution in [3.8, 4) is 11.4 Å². The minimum absolute atomic E-state index is 0.377. The van der Waals surface area contributed by atoms with Gasteiger partial charge in [0.25, 0.3) is 0 Å². The molecule has 0 amide bonds. The summed E-state index contributed by atoms with van der Waals surface area (Å²) in [5.74, 6) is 1.91. The standard InChI is InChI=1S/C15H19N3OS/c1-2-18-14(12-7-4-3-5-8-12)16-17-15(18)20-11-13-9-6-10-19-13/h3-5,7-8,13H,2,6,9-11H2,1H3. The summed E-state index contributed by atoms with van der Waals surface area (Å²) in [6.07, 6.45) is 2.72. The van der Waals surface area contributed by atoms with E-state index in [9.17, 15) is 0 Å². The molecule has 2 aromatic rings. The Morgan fingerprint density at radius 1 is 1.30 bits per heavy atom. The van der Waals surface area contributed by atoms with Gasteiger partial charge in [-0.1, -0.05) is 42.1 Å². The maximum absolute atomic E-state index is 5.66. The van der Waals surface area contributed by atoms with Crippen LogP contribution in [0.1, 0.15) is 19.8 Å². The molecule has 0 N–H and O–H groups in total. The zero-order valence-electron chi connectivity index (χ0n) is 11.7. The number of benzene rings is 1. The lowest BCUT2D eigenvalue weighted by atomic mass is 10.2. The first-order chi connectivity index (χ1) is 9.88. The summed E-state index contributed by atoms with van der Waals surface area (Å²) >= 11 is 1.75. The third-order valence-electron chi connectivity index (χ3n) is 3.49. The summed E-state index contributed by atoms with van der Waals surface area (Å²) in [6.45, 7) is 3.91. The summed E-state index contributed by atoms with van der Waals surface area (Å²) in [6, 6.07) is 10.2. The number of hydrogen-bond acceptors (Lipinski definition) is 4. The molecule has 1 aromatic heterocycles. The van der Waals surface area contributed by atoms with Crippen LogP contribution in [0.3, 0.4) is 0 Å². The van der Waals surface area contributed by atoms with Crippen molar-refractivity contribution in [3.05, 3.63) is 30.3 Å². The van der Waals surface area contributed by atoms with Gasteiger partial charge in [-0.2, -0.15) is 0 Å². The number of hydrogen-bond donors (Lipinski definition) is 0. The lowest BCUT2D eigenvalue weighted by Crippen LogP contribution is -2.09. The normalized spacial score (nSPS) is 18.6. The Bertz CT molecular complexity index is 550. The molecule has 1 fully saturated rings. The Balaban J connectivity index is 1.76. The zero-order valence-corrected chi connectivity index (χ0v) is 12.5. The molecular formula is C15H19N3OS. The molecule has 0 spiro atoms. The van der Waals surface area contributed by atoms with Gasteiger partial charge in [0.15, 0.2) is 11.0 Å². The van der Waals surface area contributed by atoms with Gasteiger partial charge in [0, 0.05) is 24.5 Å². The number of thioether (sulfide) groups is 1. The monoisotopic (exact) mass is 289 g/mol. The van der Waals surface area contributed by atoms with Crippen molar-refractivity contribution in [3.63, 3.8) is 0 Å². The first kappa shape index (κ1) is 13.6. The molecule has 0 aliphatic carbocycles. The smallest absolute Gasteiger partial charge is 0.191 e. The topological polar surface area (TPSA) is 39.9 Å². The summed E-state index contributed by atoms with van der Waals surface area (Å²) < 4.78 is 7.84. The van der Waals surface area contributed by atoms with Gasteiger partial charge in [-0.25, -0.2) is 0 Å². The van der Waals surface area contributed by atoms with E-state index in [2.05, 4.69) is 33.8 Å². The summed E-state index contributed by atoms with van der Waals surface area (Å²) in [7, 11) is 0. The van der Waals surface area contributed by atoms with E-state index in [0.717, 1.165) is 35.4 Å². The van der Waals surface area contributed by atoms with Gasteiger partial charge in [0.2, 0.25) is 0 Å². The van der Waals surface area contributed by atoms with E-state index in [0.29, 0.717) is 6.10 Å². The first-order valence-electron chi connectivity index (χ1n) is 7.11. The molecule has 1 saturated heterocycles. The van der Waals surface area contributed by atoms with Crippen molar-refractivity contribution in [1.82, 2.24) is 14.8 Å². The Kier molecular flexibility index (Phi) is 4.38. The Hall–Kier alpha value is -1.33. The fourth-order valence-electron chi connectivity index (χ4n) is 2.42. The maximum Gasteiger partial charge on any atom is 0.191 e. The Morgan fingerprint density at radius 2 is 2.15 bits per heavy atom. The molecule has 1 aliphatic rings. The van der Waals surface area contributed by atoms with Gasteiger partial charge in [0.05, 0.1) is 6.10 Å². The van der Waals surface area contributed by atoms with E-state index in [4.69, 9.17) is 4.74 Å². The molecule has 0 bridgehead atoms.